The Morgan fingerprint density at radius 3 is 2.27 bits per heavy atom. The van der Waals surface area contributed by atoms with E-state index in [-0.39, 0.29) is 12.4 Å². The van der Waals surface area contributed by atoms with Gasteiger partial charge in [-0.2, -0.15) is 0 Å². The van der Waals surface area contributed by atoms with Crippen molar-refractivity contribution in [1.29, 1.82) is 0 Å². The third-order valence-electron chi connectivity index (χ3n) is 3.72. The Hall–Kier alpha value is 0.210. The van der Waals surface area contributed by atoms with Crippen molar-refractivity contribution < 1.29 is 0 Å². The lowest BCUT2D eigenvalue weighted by Gasteiger charge is -2.31. The molecule has 0 radical (unpaired) electrons. The zero-order valence-electron chi connectivity index (χ0n) is 9.87. The van der Waals surface area contributed by atoms with Crippen molar-refractivity contribution in [2.45, 2.75) is 32.1 Å². The van der Waals surface area contributed by atoms with Gasteiger partial charge < -0.3 is 10.2 Å². The van der Waals surface area contributed by atoms with E-state index in [1.807, 2.05) is 0 Å². The molecule has 1 saturated heterocycles. The third kappa shape index (κ3) is 4.71. The minimum Gasteiger partial charge on any atom is -0.320 e. The molecule has 0 bridgehead atoms. The van der Waals surface area contributed by atoms with Crippen molar-refractivity contribution in [1.82, 2.24) is 10.2 Å². The molecule has 1 aliphatic heterocycles. The summed E-state index contributed by atoms with van der Waals surface area (Å²) in [6, 6.07) is 0. The van der Waals surface area contributed by atoms with Crippen LogP contribution in [0.25, 0.3) is 0 Å². The highest BCUT2D eigenvalue weighted by molar-refractivity contribution is 5.85. The average molecular weight is 233 g/mol. The molecule has 0 spiro atoms. The quantitative estimate of drug-likeness (QED) is 0.782. The Bertz CT molecular complexity index is 163. The van der Waals surface area contributed by atoms with Gasteiger partial charge in [0.15, 0.2) is 0 Å². The second kappa shape index (κ2) is 6.72. The Morgan fingerprint density at radius 1 is 1.07 bits per heavy atom. The Morgan fingerprint density at radius 2 is 1.73 bits per heavy atom. The second-order valence-corrected chi connectivity index (χ2v) is 5.08. The van der Waals surface area contributed by atoms with Gasteiger partial charge in [0.25, 0.3) is 0 Å². The lowest BCUT2D eigenvalue weighted by molar-refractivity contribution is 0.173. The summed E-state index contributed by atoms with van der Waals surface area (Å²) in [6.07, 6.45) is 7.26. The summed E-state index contributed by atoms with van der Waals surface area (Å²) in [7, 11) is 2.06. The normalized spacial score (nSPS) is 23.8. The maximum Gasteiger partial charge on any atom is 0.000966 e. The van der Waals surface area contributed by atoms with E-state index in [1.54, 1.807) is 0 Å². The van der Waals surface area contributed by atoms with Gasteiger partial charge in [-0.3, -0.25) is 0 Å². The van der Waals surface area contributed by atoms with Crippen LogP contribution in [-0.2, 0) is 0 Å². The van der Waals surface area contributed by atoms with E-state index in [9.17, 15) is 0 Å². The first-order valence-electron chi connectivity index (χ1n) is 6.25. The number of rotatable bonds is 5. The number of hydrogen-bond donors (Lipinski definition) is 1. The van der Waals surface area contributed by atoms with Crippen LogP contribution >= 0.6 is 12.4 Å². The van der Waals surface area contributed by atoms with Crippen LogP contribution < -0.4 is 5.32 Å². The molecule has 2 rings (SSSR count). The standard InChI is InChI=1S/C12H24N2.ClH/c1-13-7-4-11-5-8-14(9-6-11)10-12-2-3-12;/h11-13H,2-10H2,1H3;1H. The van der Waals surface area contributed by atoms with Crippen molar-refractivity contribution in [2.24, 2.45) is 11.8 Å². The summed E-state index contributed by atoms with van der Waals surface area (Å²) >= 11 is 0. The van der Waals surface area contributed by atoms with Gasteiger partial charge in [0.1, 0.15) is 0 Å². The molecule has 1 saturated carbocycles. The molecule has 1 heterocycles. The first-order chi connectivity index (χ1) is 6.88. The van der Waals surface area contributed by atoms with Gasteiger partial charge in [0.05, 0.1) is 0 Å². The third-order valence-corrected chi connectivity index (χ3v) is 3.72. The molecule has 2 fully saturated rings. The van der Waals surface area contributed by atoms with E-state index in [0.717, 1.165) is 11.8 Å². The molecule has 90 valence electrons. The van der Waals surface area contributed by atoms with E-state index in [0.29, 0.717) is 0 Å². The number of nitrogens with one attached hydrogen (secondary N) is 1. The molecule has 0 aromatic rings. The lowest BCUT2D eigenvalue weighted by atomic mass is 9.93. The molecule has 0 aromatic carbocycles. The number of likely N-dealkylation sites (tertiary alicyclic amines) is 1. The van der Waals surface area contributed by atoms with Crippen molar-refractivity contribution in [3.8, 4) is 0 Å². The monoisotopic (exact) mass is 232 g/mol. The Labute approximate surface area is 100 Å². The fourth-order valence-electron chi connectivity index (χ4n) is 2.47. The minimum atomic E-state index is 0. The van der Waals surface area contributed by atoms with E-state index in [4.69, 9.17) is 0 Å². The maximum absolute atomic E-state index is 3.25. The van der Waals surface area contributed by atoms with Gasteiger partial charge in [-0.1, -0.05) is 0 Å². The molecule has 1 N–H and O–H groups in total. The van der Waals surface area contributed by atoms with Crippen molar-refractivity contribution in [3.05, 3.63) is 0 Å². The molecular formula is C12H25ClN2. The van der Waals surface area contributed by atoms with E-state index < -0.39 is 0 Å². The number of nitrogens with zero attached hydrogens (tertiary/aromatic N) is 1. The summed E-state index contributed by atoms with van der Waals surface area (Å²) in [5.74, 6) is 2.07. The molecule has 3 heteroatoms. The van der Waals surface area contributed by atoms with Crippen molar-refractivity contribution in [3.63, 3.8) is 0 Å². The van der Waals surface area contributed by atoms with Crippen LogP contribution in [0.4, 0.5) is 0 Å². The summed E-state index contributed by atoms with van der Waals surface area (Å²) < 4.78 is 0. The van der Waals surface area contributed by atoms with Gasteiger partial charge in [-0.15, -0.1) is 12.4 Å². The smallest absolute Gasteiger partial charge is 0.000966 e. The predicted molar refractivity (Wildman–Crippen MR) is 67.7 cm³/mol. The zero-order valence-corrected chi connectivity index (χ0v) is 10.7. The molecule has 2 aliphatic rings. The minimum absolute atomic E-state index is 0. The molecule has 0 amide bonds. The van der Waals surface area contributed by atoms with E-state index in [2.05, 4.69) is 17.3 Å². The van der Waals surface area contributed by atoms with Gasteiger partial charge in [0, 0.05) is 6.54 Å². The van der Waals surface area contributed by atoms with E-state index in [1.165, 1.54) is 58.3 Å². The van der Waals surface area contributed by atoms with Crippen LogP contribution in [0.15, 0.2) is 0 Å². The summed E-state index contributed by atoms with van der Waals surface area (Å²) in [4.78, 5) is 2.69. The fourth-order valence-corrected chi connectivity index (χ4v) is 2.47. The van der Waals surface area contributed by atoms with E-state index >= 15 is 0 Å². The summed E-state index contributed by atoms with van der Waals surface area (Å²) in [5, 5.41) is 3.25. The lowest BCUT2D eigenvalue weighted by Crippen LogP contribution is -2.35. The van der Waals surface area contributed by atoms with Gasteiger partial charge in [0.2, 0.25) is 0 Å². The SMILES string of the molecule is CNCCC1CCN(CC2CC2)CC1.Cl. The molecule has 15 heavy (non-hydrogen) atoms. The molecule has 0 aromatic heterocycles. The van der Waals surface area contributed by atoms with Crippen molar-refractivity contribution >= 4 is 12.4 Å². The first kappa shape index (κ1) is 13.3. The van der Waals surface area contributed by atoms with Crippen LogP contribution in [0.1, 0.15) is 32.1 Å². The summed E-state index contributed by atoms with van der Waals surface area (Å²) in [5.41, 5.74) is 0. The average Bonchev–Trinajstić information content (AvgIpc) is 3.01. The molecular weight excluding hydrogens is 208 g/mol. The first-order valence-corrected chi connectivity index (χ1v) is 6.25. The molecule has 2 nitrogen and oxygen atoms in total. The summed E-state index contributed by atoms with van der Waals surface area (Å²) in [6.45, 7) is 5.34. The molecule has 1 aliphatic carbocycles. The number of halogens is 1. The highest BCUT2D eigenvalue weighted by atomic mass is 35.5. The maximum atomic E-state index is 3.25. The number of piperidine rings is 1. The largest absolute Gasteiger partial charge is 0.320 e. The van der Waals surface area contributed by atoms with Crippen LogP contribution in [0, 0.1) is 11.8 Å². The van der Waals surface area contributed by atoms with Crippen molar-refractivity contribution in [2.75, 3.05) is 33.2 Å². The van der Waals surface area contributed by atoms with Gasteiger partial charge >= 0.3 is 0 Å². The van der Waals surface area contributed by atoms with Crippen LogP contribution in [0.3, 0.4) is 0 Å². The number of hydrogen-bond acceptors (Lipinski definition) is 2. The second-order valence-electron chi connectivity index (χ2n) is 5.08. The molecule has 0 atom stereocenters. The Kier molecular flexibility index (Phi) is 5.95. The topological polar surface area (TPSA) is 15.3 Å². The Balaban J connectivity index is 0.00000112. The van der Waals surface area contributed by atoms with Gasteiger partial charge in [-0.25, -0.2) is 0 Å². The zero-order chi connectivity index (χ0) is 9.80. The van der Waals surface area contributed by atoms with Gasteiger partial charge in [-0.05, 0) is 70.6 Å². The predicted octanol–water partition coefficient (Wildman–Crippen LogP) is 2.14. The van der Waals surface area contributed by atoms with Crippen LogP contribution in [0.2, 0.25) is 0 Å². The van der Waals surface area contributed by atoms with Crippen LogP contribution in [-0.4, -0.2) is 38.1 Å². The van der Waals surface area contributed by atoms with Crippen LogP contribution in [0.5, 0.6) is 0 Å². The highest BCUT2D eigenvalue weighted by Gasteiger charge is 2.26. The highest BCUT2D eigenvalue weighted by Crippen LogP contribution is 2.31. The fraction of sp³-hybridized carbons (Fsp3) is 1.00. The molecule has 0 unspecified atom stereocenters.